The Balaban J connectivity index is 1.36. The normalized spacial score (nSPS) is 11.1. The number of ether oxygens (including phenoxy) is 1. The zero-order chi connectivity index (χ0) is 21.6. The lowest BCUT2D eigenvalue weighted by molar-refractivity contribution is 0.306. The van der Waals surface area contributed by atoms with Gasteiger partial charge in [0.15, 0.2) is 0 Å². The van der Waals surface area contributed by atoms with Gasteiger partial charge in [-0.25, -0.2) is 4.98 Å². The Morgan fingerprint density at radius 3 is 2.58 bits per heavy atom. The Morgan fingerprint density at radius 1 is 0.968 bits per heavy atom. The van der Waals surface area contributed by atoms with E-state index in [0.717, 1.165) is 28.1 Å². The molecule has 0 saturated heterocycles. The number of rotatable bonds is 7. The van der Waals surface area contributed by atoms with Gasteiger partial charge < -0.3 is 4.74 Å². The van der Waals surface area contributed by atoms with Crippen molar-refractivity contribution in [2.24, 2.45) is 5.10 Å². The predicted octanol–water partition coefficient (Wildman–Crippen LogP) is 7.80. The van der Waals surface area contributed by atoms with E-state index in [-0.39, 0.29) is 0 Å². The van der Waals surface area contributed by atoms with Crippen LogP contribution in [0.1, 0.15) is 11.1 Å². The molecule has 1 aromatic heterocycles. The van der Waals surface area contributed by atoms with Crippen molar-refractivity contribution in [3.63, 3.8) is 0 Å². The molecule has 4 aromatic rings. The van der Waals surface area contributed by atoms with Crippen molar-refractivity contribution in [2.75, 3.05) is 5.43 Å². The number of hydrogen-bond donors (Lipinski definition) is 1. The third-order valence-electron chi connectivity index (χ3n) is 4.26. The molecule has 1 N–H and O–H groups in total. The first kappa shape index (κ1) is 21.7. The number of aromatic nitrogens is 1. The van der Waals surface area contributed by atoms with Crippen molar-refractivity contribution in [2.45, 2.75) is 6.61 Å². The highest BCUT2D eigenvalue weighted by Gasteiger charge is 2.08. The summed E-state index contributed by atoms with van der Waals surface area (Å²) in [6.07, 6.45) is 1.71. The minimum absolute atomic E-state index is 0.463. The third kappa shape index (κ3) is 5.99. The molecular weight excluding hydrogens is 473 g/mol. The highest BCUT2D eigenvalue weighted by molar-refractivity contribution is 7.14. The average Bonchev–Trinajstić information content (AvgIpc) is 3.22. The van der Waals surface area contributed by atoms with Crippen LogP contribution in [0, 0.1) is 0 Å². The van der Waals surface area contributed by atoms with E-state index in [4.69, 9.17) is 39.5 Å². The van der Waals surface area contributed by atoms with Gasteiger partial charge in [-0.05, 0) is 53.6 Å². The second kappa shape index (κ2) is 10.2. The van der Waals surface area contributed by atoms with Crippen LogP contribution in [0.5, 0.6) is 5.75 Å². The monoisotopic (exact) mass is 487 g/mol. The molecule has 4 nitrogen and oxygen atoms in total. The summed E-state index contributed by atoms with van der Waals surface area (Å²) in [7, 11) is 0. The SMILES string of the molecule is Clc1ccc(COc2cccc(/C=N\Nc3nc(-c4ccc(Cl)cc4Cl)cs3)c2)cc1. The highest BCUT2D eigenvalue weighted by atomic mass is 35.5. The topological polar surface area (TPSA) is 46.5 Å². The second-order valence-electron chi connectivity index (χ2n) is 6.52. The molecule has 156 valence electrons. The van der Waals surface area contributed by atoms with Crippen LogP contribution < -0.4 is 10.2 Å². The van der Waals surface area contributed by atoms with Crippen LogP contribution in [0.25, 0.3) is 11.3 Å². The summed E-state index contributed by atoms with van der Waals surface area (Å²) in [6.45, 7) is 0.463. The summed E-state index contributed by atoms with van der Waals surface area (Å²) >= 11 is 19.6. The van der Waals surface area contributed by atoms with Gasteiger partial charge in [-0.3, -0.25) is 5.43 Å². The van der Waals surface area contributed by atoms with Crippen LogP contribution in [0.4, 0.5) is 5.13 Å². The van der Waals surface area contributed by atoms with Crippen molar-refractivity contribution in [1.82, 2.24) is 4.98 Å². The first-order valence-electron chi connectivity index (χ1n) is 9.24. The molecule has 0 unspecified atom stereocenters. The van der Waals surface area contributed by atoms with Crippen molar-refractivity contribution in [1.29, 1.82) is 0 Å². The summed E-state index contributed by atoms with van der Waals surface area (Å²) in [5.74, 6) is 0.757. The molecule has 0 fully saturated rings. The predicted molar refractivity (Wildman–Crippen MR) is 131 cm³/mol. The molecule has 4 rings (SSSR count). The van der Waals surface area contributed by atoms with Gasteiger partial charge in [0.05, 0.1) is 16.9 Å². The fraction of sp³-hybridized carbons (Fsp3) is 0.0435. The molecule has 0 aliphatic rings. The van der Waals surface area contributed by atoms with Crippen LogP contribution in [-0.2, 0) is 6.61 Å². The molecule has 0 amide bonds. The van der Waals surface area contributed by atoms with Crippen molar-refractivity contribution in [3.05, 3.63) is 98.3 Å². The Bertz CT molecular complexity index is 1210. The molecule has 0 aliphatic carbocycles. The van der Waals surface area contributed by atoms with E-state index in [1.54, 1.807) is 18.3 Å². The van der Waals surface area contributed by atoms with E-state index in [0.29, 0.717) is 26.8 Å². The van der Waals surface area contributed by atoms with Crippen molar-refractivity contribution >= 4 is 57.5 Å². The molecule has 8 heteroatoms. The number of hydrogen-bond acceptors (Lipinski definition) is 5. The van der Waals surface area contributed by atoms with E-state index in [2.05, 4.69) is 15.5 Å². The lowest BCUT2D eigenvalue weighted by Gasteiger charge is -2.07. The molecule has 31 heavy (non-hydrogen) atoms. The van der Waals surface area contributed by atoms with Gasteiger partial charge in [-0.2, -0.15) is 5.10 Å². The maximum Gasteiger partial charge on any atom is 0.203 e. The quantitative estimate of drug-likeness (QED) is 0.213. The number of halogens is 3. The smallest absolute Gasteiger partial charge is 0.203 e. The average molecular weight is 489 g/mol. The molecule has 1 heterocycles. The third-order valence-corrected chi connectivity index (χ3v) is 5.81. The molecule has 0 radical (unpaired) electrons. The minimum Gasteiger partial charge on any atom is -0.489 e. The molecule has 0 atom stereocenters. The maximum absolute atomic E-state index is 6.26. The zero-order valence-electron chi connectivity index (χ0n) is 16.1. The Kier molecular flexibility index (Phi) is 7.10. The van der Waals surface area contributed by atoms with E-state index < -0.39 is 0 Å². The van der Waals surface area contributed by atoms with E-state index in [9.17, 15) is 0 Å². The van der Waals surface area contributed by atoms with E-state index in [1.807, 2.05) is 60.0 Å². The van der Waals surface area contributed by atoms with Gasteiger partial charge in [0, 0.05) is 21.0 Å². The van der Waals surface area contributed by atoms with Crippen LogP contribution in [0.2, 0.25) is 15.1 Å². The largest absolute Gasteiger partial charge is 0.489 e. The maximum atomic E-state index is 6.26. The minimum atomic E-state index is 0.463. The number of thiazole rings is 1. The number of hydrazone groups is 1. The van der Waals surface area contributed by atoms with Crippen molar-refractivity contribution in [3.8, 4) is 17.0 Å². The number of benzene rings is 3. The summed E-state index contributed by atoms with van der Waals surface area (Å²) in [6, 6.07) is 20.6. The van der Waals surface area contributed by atoms with Crippen LogP contribution in [0.15, 0.2) is 77.2 Å². The number of nitrogens with one attached hydrogen (secondary N) is 1. The summed E-state index contributed by atoms with van der Waals surface area (Å²) in [4.78, 5) is 4.52. The first-order valence-corrected chi connectivity index (χ1v) is 11.3. The highest BCUT2D eigenvalue weighted by Crippen LogP contribution is 2.32. The molecule has 0 bridgehead atoms. The molecule has 0 saturated carbocycles. The Morgan fingerprint density at radius 2 is 1.77 bits per heavy atom. The molecular formula is C23H16Cl3N3OS. The first-order chi connectivity index (χ1) is 15.1. The molecule has 0 aliphatic heterocycles. The summed E-state index contributed by atoms with van der Waals surface area (Å²) in [5.41, 5.74) is 6.49. The Hall–Kier alpha value is -2.57. The second-order valence-corrected chi connectivity index (χ2v) is 8.66. The van der Waals surface area contributed by atoms with Crippen LogP contribution >= 0.6 is 46.1 Å². The fourth-order valence-electron chi connectivity index (χ4n) is 2.74. The van der Waals surface area contributed by atoms with Gasteiger partial charge in [0.2, 0.25) is 5.13 Å². The lowest BCUT2D eigenvalue weighted by atomic mass is 10.2. The Labute approximate surface area is 199 Å². The van der Waals surface area contributed by atoms with Gasteiger partial charge in [0.25, 0.3) is 0 Å². The molecule has 3 aromatic carbocycles. The summed E-state index contributed by atoms with van der Waals surface area (Å²) in [5, 5.41) is 8.70. The summed E-state index contributed by atoms with van der Waals surface area (Å²) < 4.78 is 5.85. The van der Waals surface area contributed by atoms with Gasteiger partial charge in [-0.1, -0.05) is 59.1 Å². The standard InChI is InChI=1S/C23H16Cl3N3OS/c24-17-6-4-15(5-7-17)13-30-19-3-1-2-16(10-19)12-27-29-23-28-22(14-31-23)20-9-8-18(25)11-21(20)26/h1-12,14H,13H2,(H,28,29)/b27-12-. The van der Waals surface area contributed by atoms with Crippen LogP contribution in [0.3, 0.4) is 0 Å². The zero-order valence-corrected chi connectivity index (χ0v) is 19.1. The lowest BCUT2D eigenvalue weighted by Crippen LogP contribution is -1.96. The molecule has 0 spiro atoms. The van der Waals surface area contributed by atoms with Crippen molar-refractivity contribution < 1.29 is 4.74 Å². The van der Waals surface area contributed by atoms with E-state index in [1.165, 1.54) is 11.3 Å². The van der Waals surface area contributed by atoms with Crippen LogP contribution in [-0.4, -0.2) is 11.2 Å². The fourth-order valence-corrected chi connectivity index (χ4v) is 4.03. The van der Waals surface area contributed by atoms with Gasteiger partial charge >= 0.3 is 0 Å². The van der Waals surface area contributed by atoms with E-state index >= 15 is 0 Å². The number of nitrogens with zero attached hydrogens (tertiary/aromatic N) is 2. The number of anilines is 1. The van der Waals surface area contributed by atoms with Gasteiger partial charge in [0.1, 0.15) is 12.4 Å². The van der Waals surface area contributed by atoms with Gasteiger partial charge in [-0.15, -0.1) is 11.3 Å².